The molecule has 1 N–H and O–H groups in total. The number of fused-ring (bicyclic) bond motifs is 2. The van der Waals surface area contributed by atoms with Crippen LogP contribution in [-0.4, -0.2) is 15.8 Å². The van der Waals surface area contributed by atoms with E-state index in [0.29, 0.717) is 28.6 Å². The number of nitrogens with zero attached hydrogens (tertiary/aromatic N) is 3. The highest BCUT2D eigenvalue weighted by molar-refractivity contribution is 6.31. The number of hydrogen-bond donors (Lipinski definition) is 1. The van der Waals surface area contributed by atoms with Crippen molar-refractivity contribution in [2.75, 3.05) is 5.32 Å². The van der Waals surface area contributed by atoms with Gasteiger partial charge in [-0.15, -0.1) is 0 Å². The van der Waals surface area contributed by atoms with Crippen LogP contribution in [-0.2, 0) is 6.42 Å². The van der Waals surface area contributed by atoms with Crippen molar-refractivity contribution in [2.45, 2.75) is 6.42 Å². The number of aromatic nitrogens is 2. The first kappa shape index (κ1) is 11.4. The van der Waals surface area contributed by atoms with Crippen LogP contribution in [0.1, 0.15) is 5.56 Å². The molecule has 0 fully saturated rings. The fraction of sp³-hybridized carbons (Fsp3) is 0.0714. The topological polar surface area (TPSA) is 63.3 Å². The van der Waals surface area contributed by atoms with E-state index in [0.717, 1.165) is 17.1 Å². The quantitative estimate of drug-likeness (QED) is 0.742. The summed E-state index contributed by atoms with van der Waals surface area (Å²) in [5.41, 5.74) is 3.52. The Bertz CT molecular complexity index is 807. The second kappa shape index (κ2) is 4.31. The van der Waals surface area contributed by atoms with Gasteiger partial charge in [0.25, 0.3) is 0 Å². The second-order valence-electron chi connectivity index (χ2n) is 4.50. The maximum absolute atomic E-state index is 5.97. The molecule has 0 bridgehead atoms. The largest absolute Gasteiger partial charge is 0.422 e. The van der Waals surface area contributed by atoms with Crippen molar-refractivity contribution in [1.82, 2.24) is 9.97 Å². The van der Waals surface area contributed by atoms with E-state index in [-0.39, 0.29) is 0 Å². The molecule has 0 unspecified atom stereocenters. The zero-order chi connectivity index (χ0) is 13.5. The molecule has 4 rings (SSSR count). The van der Waals surface area contributed by atoms with Crippen molar-refractivity contribution in [3.63, 3.8) is 0 Å². The molecule has 0 atom stereocenters. The van der Waals surface area contributed by atoms with Crippen LogP contribution in [0.4, 0.5) is 11.7 Å². The van der Waals surface area contributed by atoms with E-state index in [1.165, 1.54) is 0 Å². The summed E-state index contributed by atoms with van der Waals surface area (Å²) in [6.07, 6.45) is 4.03. The smallest absolute Gasteiger partial charge is 0.324 e. The fourth-order valence-electron chi connectivity index (χ4n) is 2.20. The van der Waals surface area contributed by atoms with Gasteiger partial charge in [-0.2, -0.15) is 9.98 Å². The van der Waals surface area contributed by atoms with Crippen molar-refractivity contribution in [3.05, 3.63) is 47.2 Å². The number of aliphatic imine (C=N–C) groups is 1. The average Bonchev–Trinajstić information content (AvgIpc) is 3.00. The van der Waals surface area contributed by atoms with Crippen LogP contribution in [0.15, 0.2) is 46.1 Å². The van der Waals surface area contributed by atoms with E-state index < -0.39 is 0 Å². The number of oxazole rings is 1. The highest BCUT2D eigenvalue weighted by Crippen LogP contribution is 2.28. The van der Waals surface area contributed by atoms with Gasteiger partial charge in [0.15, 0.2) is 5.58 Å². The third-order valence-corrected chi connectivity index (χ3v) is 3.35. The second-order valence-corrected chi connectivity index (χ2v) is 4.94. The number of nitrogens with one attached hydrogen (secondary N) is 1. The van der Waals surface area contributed by atoms with Crippen molar-refractivity contribution in [3.8, 4) is 0 Å². The summed E-state index contributed by atoms with van der Waals surface area (Å²) in [6, 6.07) is 7.84. The van der Waals surface area contributed by atoms with Gasteiger partial charge in [-0.3, -0.25) is 4.98 Å². The van der Waals surface area contributed by atoms with Gasteiger partial charge >= 0.3 is 6.01 Å². The average molecular weight is 285 g/mol. The van der Waals surface area contributed by atoms with Gasteiger partial charge in [-0.05, 0) is 17.7 Å². The Kier molecular flexibility index (Phi) is 2.47. The van der Waals surface area contributed by atoms with Crippen molar-refractivity contribution in [1.29, 1.82) is 0 Å². The lowest BCUT2D eigenvalue weighted by molar-refractivity contribution is 0.613. The summed E-state index contributed by atoms with van der Waals surface area (Å²) in [7, 11) is 0. The Labute approximate surface area is 119 Å². The summed E-state index contributed by atoms with van der Waals surface area (Å²) in [5.74, 6) is 0.793. The van der Waals surface area contributed by atoms with Crippen LogP contribution in [0.5, 0.6) is 0 Å². The molecule has 3 heterocycles. The Morgan fingerprint density at radius 3 is 3.15 bits per heavy atom. The molecule has 2 aromatic heterocycles. The summed E-state index contributed by atoms with van der Waals surface area (Å²) in [6.45, 7) is 0. The normalized spacial score (nSPS) is 15.6. The minimum Gasteiger partial charge on any atom is -0.422 e. The third kappa shape index (κ3) is 1.92. The van der Waals surface area contributed by atoms with Gasteiger partial charge < -0.3 is 9.73 Å². The van der Waals surface area contributed by atoms with Crippen LogP contribution < -0.4 is 5.32 Å². The molecule has 0 radical (unpaired) electrons. The lowest BCUT2D eigenvalue weighted by Gasteiger charge is -1.98. The van der Waals surface area contributed by atoms with Crippen LogP contribution in [0.25, 0.3) is 11.1 Å². The molecule has 20 heavy (non-hydrogen) atoms. The molecule has 0 saturated carbocycles. The number of benzene rings is 1. The highest BCUT2D eigenvalue weighted by atomic mass is 35.5. The van der Waals surface area contributed by atoms with Gasteiger partial charge in [0.05, 0.1) is 6.20 Å². The van der Waals surface area contributed by atoms with E-state index in [9.17, 15) is 0 Å². The predicted octanol–water partition coefficient (Wildman–Crippen LogP) is 3.57. The Morgan fingerprint density at radius 1 is 1.30 bits per heavy atom. The van der Waals surface area contributed by atoms with Gasteiger partial charge in [0.1, 0.15) is 11.4 Å². The molecule has 98 valence electrons. The highest BCUT2D eigenvalue weighted by Gasteiger charge is 2.17. The molecule has 0 amide bonds. The van der Waals surface area contributed by atoms with Gasteiger partial charge in [-0.25, -0.2) is 0 Å². The lowest BCUT2D eigenvalue weighted by Crippen LogP contribution is -2.05. The molecule has 5 nitrogen and oxygen atoms in total. The first-order chi connectivity index (χ1) is 9.78. The number of rotatable bonds is 1. The van der Waals surface area contributed by atoms with Gasteiger partial charge in [0, 0.05) is 29.4 Å². The standard InChI is InChI=1S/C14H9ClN4O/c15-9-2-1-8-5-13(17-10(8)6-9)19-14-18-11-7-16-4-3-12(11)20-14/h1-4,6-7H,5H2,(H,17,18,19). The molecule has 1 aliphatic rings. The van der Waals surface area contributed by atoms with Gasteiger partial charge in [-0.1, -0.05) is 17.7 Å². The molecule has 0 aliphatic carbocycles. The maximum atomic E-state index is 5.97. The van der Waals surface area contributed by atoms with Crippen LogP contribution >= 0.6 is 11.6 Å². The number of pyridine rings is 1. The molecule has 3 aromatic rings. The zero-order valence-electron chi connectivity index (χ0n) is 10.3. The van der Waals surface area contributed by atoms with Crippen molar-refractivity contribution >= 4 is 40.2 Å². The van der Waals surface area contributed by atoms with Crippen LogP contribution in [0.2, 0.25) is 5.02 Å². The van der Waals surface area contributed by atoms with Crippen LogP contribution in [0.3, 0.4) is 0 Å². The van der Waals surface area contributed by atoms with Crippen molar-refractivity contribution < 1.29 is 4.42 Å². The number of halogens is 1. The SMILES string of the molecule is Clc1ccc2c(c1)NC(=Nc1nc3cnccc3o1)C2. The fourth-order valence-corrected chi connectivity index (χ4v) is 2.37. The molecular formula is C14H9ClN4O. The Morgan fingerprint density at radius 2 is 2.25 bits per heavy atom. The van der Waals surface area contributed by atoms with Crippen LogP contribution in [0, 0.1) is 0 Å². The van der Waals surface area contributed by atoms with E-state index in [2.05, 4.69) is 20.3 Å². The summed E-state index contributed by atoms with van der Waals surface area (Å²) < 4.78 is 5.55. The van der Waals surface area contributed by atoms with E-state index in [1.807, 2.05) is 18.2 Å². The summed E-state index contributed by atoms with van der Waals surface area (Å²) in [5, 5.41) is 3.92. The third-order valence-electron chi connectivity index (χ3n) is 3.12. The van der Waals surface area contributed by atoms with E-state index in [1.54, 1.807) is 18.5 Å². The maximum Gasteiger partial charge on any atom is 0.324 e. The minimum absolute atomic E-state index is 0.328. The van der Waals surface area contributed by atoms with Gasteiger partial charge in [0.2, 0.25) is 0 Å². The zero-order valence-corrected chi connectivity index (χ0v) is 11.1. The molecule has 0 spiro atoms. The minimum atomic E-state index is 0.328. The first-order valence-electron chi connectivity index (χ1n) is 6.11. The number of anilines is 1. The summed E-state index contributed by atoms with van der Waals surface area (Å²) in [4.78, 5) is 12.7. The number of amidine groups is 1. The first-order valence-corrected chi connectivity index (χ1v) is 6.49. The number of hydrogen-bond acceptors (Lipinski definition) is 4. The molecule has 6 heteroatoms. The van der Waals surface area contributed by atoms with E-state index in [4.69, 9.17) is 16.0 Å². The lowest BCUT2D eigenvalue weighted by atomic mass is 10.2. The monoisotopic (exact) mass is 284 g/mol. The molecular weight excluding hydrogens is 276 g/mol. The molecule has 1 aliphatic heterocycles. The summed E-state index contributed by atoms with van der Waals surface area (Å²) >= 11 is 5.97. The van der Waals surface area contributed by atoms with Crippen molar-refractivity contribution in [2.24, 2.45) is 4.99 Å². The molecule has 1 aromatic carbocycles. The Balaban J connectivity index is 1.69. The molecule has 0 saturated heterocycles. The Hall–Kier alpha value is -2.40. The predicted molar refractivity (Wildman–Crippen MR) is 77.7 cm³/mol. The van der Waals surface area contributed by atoms with E-state index >= 15 is 0 Å².